The van der Waals surface area contributed by atoms with E-state index in [9.17, 15) is 23.5 Å². The number of ether oxygens (including phenoxy) is 1. The van der Waals surface area contributed by atoms with E-state index in [1.54, 1.807) is 18.2 Å². The summed E-state index contributed by atoms with van der Waals surface area (Å²) in [6, 6.07) is 7.63. The third-order valence-corrected chi connectivity index (χ3v) is 5.84. The second kappa shape index (κ2) is 11.8. The van der Waals surface area contributed by atoms with Crippen LogP contribution in [0.2, 0.25) is 0 Å². The lowest BCUT2D eigenvalue weighted by molar-refractivity contribution is -0.129. The number of rotatable bonds is 8. The summed E-state index contributed by atoms with van der Waals surface area (Å²) in [5, 5.41) is 12.2. The molecule has 36 heavy (non-hydrogen) atoms. The van der Waals surface area contributed by atoms with E-state index in [2.05, 4.69) is 15.3 Å². The fourth-order valence-corrected chi connectivity index (χ4v) is 3.76. The molecule has 0 unspecified atom stereocenters. The Hall–Kier alpha value is -3.72. The van der Waals surface area contributed by atoms with Crippen LogP contribution in [-0.2, 0) is 15.5 Å². The molecule has 1 aliphatic heterocycles. The molecule has 0 aliphatic carbocycles. The maximum atomic E-state index is 13.6. The molecule has 1 aromatic heterocycles. The van der Waals surface area contributed by atoms with Crippen molar-refractivity contribution in [2.24, 2.45) is 10.9 Å². The summed E-state index contributed by atoms with van der Waals surface area (Å²) < 4.78 is 32.7. The lowest BCUT2D eigenvalue weighted by Crippen LogP contribution is -2.16. The van der Waals surface area contributed by atoms with Crippen molar-refractivity contribution in [1.29, 1.82) is 0 Å². The van der Waals surface area contributed by atoms with Gasteiger partial charge in [-0.2, -0.15) is 8.78 Å². The van der Waals surface area contributed by atoms with Crippen LogP contribution >= 0.6 is 0 Å². The van der Waals surface area contributed by atoms with Crippen molar-refractivity contribution in [1.82, 2.24) is 4.98 Å². The van der Waals surface area contributed by atoms with E-state index in [1.165, 1.54) is 25.4 Å². The Bertz CT molecular complexity index is 1210. The average Bonchev–Trinajstić information content (AvgIpc) is 2.85. The molecule has 2 heterocycles. The lowest BCUT2D eigenvalue weighted by atomic mass is 9.94. The maximum Gasteiger partial charge on any atom is 0.354 e. The minimum atomic E-state index is -3.17. The highest BCUT2D eigenvalue weighted by molar-refractivity contribution is 6.41. The zero-order valence-corrected chi connectivity index (χ0v) is 20.4. The van der Waals surface area contributed by atoms with Gasteiger partial charge in [0.2, 0.25) is 0 Å². The number of anilines is 1. The van der Waals surface area contributed by atoms with Crippen LogP contribution in [0, 0.1) is 12.8 Å². The molecule has 0 saturated carbocycles. The number of nitrogens with zero attached hydrogens (tertiary/aromatic N) is 2. The molecular weight excluding hydrogens is 468 g/mol. The topological polar surface area (TPSA) is 101 Å². The summed E-state index contributed by atoms with van der Waals surface area (Å²) >= 11 is 0. The number of aromatic nitrogens is 1. The Morgan fingerprint density at radius 1 is 1.22 bits per heavy atom. The zero-order valence-electron chi connectivity index (χ0n) is 20.4. The van der Waals surface area contributed by atoms with E-state index >= 15 is 0 Å². The molecule has 190 valence electrons. The number of aliphatic carboxylic acids is 1. The second-order valence-electron chi connectivity index (χ2n) is 8.62. The van der Waals surface area contributed by atoms with Gasteiger partial charge in [-0.15, -0.1) is 0 Å². The number of nitrogens with one attached hydrogen (secondary N) is 1. The molecule has 1 fully saturated rings. The van der Waals surface area contributed by atoms with Gasteiger partial charge in [-0.1, -0.05) is 18.2 Å². The molecule has 0 radical (unpaired) electrons. The van der Waals surface area contributed by atoms with E-state index in [4.69, 9.17) is 4.74 Å². The number of carbonyl (C=O) groups excluding carboxylic acids is 1. The van der Waals surface area contributed by atoms with E-state index in [1.807, 2.05) is 19.1 Å². The van der Waals surface area contributed by atoms with E-state index in [0.717, 1.165) is 31.4 Å². The highest BCUT2D eigenvalue weighted by atomic mass is 19.3. The highest BCUT2D eigenvalue weighted by Gasteiger charge is 2.27. The van der Waals surface area contributed by atoms with Crippen molar-refractivity contribution in [3.8, 4) is 0 Å². The maximum absolute atomic E-state index is 13.6. The van der Waals surface area contributed by atoms with Crippen LogP contribution in [0.1, 0.15) is 46.9 Å². The van der Waals surface area contributed by atoms with Crippen LogP contribution in [0.15, 0.2) is 59.7 Å². The Morgan fingerprint density at radius 3 is 2.58 bits per heavy atom. The number of benzene rings is 1. The number of halogens is 2. The molecule has 0 spiro atoms. The summed E-state index contributed by atoms with van der Waals surface area (Å²) in [5.41, 5.74) is 2.05. The molecule has 9 heteroatoms. The molecule has 3 rings (SSSR count). The summed E-state index contributed by atoms with van der Waals surface area (Å²) in [6.07, 6.45) is 8.31. The Kier molecular flexibility index (Phi) is 8.82. The number of carbonyl (C=O) groups is 2. The van der Waals surface area contributed by atoms with Gasteiger partial charge in [0.05, 0.1) is 0 Å². The highest BCUT2D eigenvalue weighted by Crippen LogP contribution is 2.28. The van der Waals surface area contributed by atoms with E-state index in [-0.39, 0.29) is 11.3 Å². The van der Waals surface area contributed by atoms with Crippen molar-refractivity contribution in [3.05, 3.63) is 77.1 Å². The van der Waals surface area contributed by atoms with Crippen LogP contribution in [0.5, 0.6) is 0 Å². The number of amides is 1. The fourth-order valence-electron chi connectivity index (χ4n) is 3.76. The fraction of sp³-hybridized carbons (Fsp3) is 0.333. The molecule has 1 saturated heterocycles. The number of hydrogen-bond acceptors (Lipinski definition) is 5. The summed E-state index contributed by atoms with van der Waals surface area (Å²) in [6.45, 7) is 3.94. The van der Waals surface area contributed by atoms with Crippen LogP contribution in [-0.4, -0.2) is 47.9 Å². The number of alkyl halides is 2. The van der Waals surface area contributed by atoms with Crippen molar-refractivity contribution < 1.29 is 28.2 Å². The van der Waals surface area contributed by atoms with Crippen LogP contribution in [0.3, 0.4) is 0 Å². The number of carboxylic acids is 1. The summed E-state index contributed by atoms with van der Waals surface area (Å²) in [5.74, 6) is -4.60. The first kappa shape index (κ1) is 26.9. The first-order chi connectivity index (χ1) is 17.1. The van der Waals surface area contributed by atoms with Gasteiger partial charge in [0, 0.05) is 44.6 Å². The van der Waals surface area contributed by atoms with Gasteiger partial charge >= 0.3 is 5.97 Å². The van der Waals surface area contributed by atoms with E-state index in [0.29, 0.717) is 36.0 Å². The van der Waals surface area contributed by atoms with Crippen LogP contribution < -0.4 is 5.32 Å². The summed E-state index contributed by atoms with van der Waals surface area (Å²) in [7, 11) is 1.41. The Balaban J connectivity index is 1.94. The van der Waals surface area contributed by atoms with Crippen molar-refractivity contribution in [2.75, 3.05) is 25.6 Å². The van der Waals surface area contributed by atoms with Crippen molar-refractivity contribution in [3.63, 3.8) is 0 Å². The summed E-state index contributed by atoms with van der Waals surface area (Å²) in [4.78, 5) is 31.9. The molecule has 1 aromatic carbocycles. The predicted octanol–water partition coefficient (Wildman–Crippen LogP) is 5.28. The molecule has 7 nitrogen and oxygen atoms in total. The number of allylic oxidation sites excluding steroid dienone is 3. The Labute approximate surface area is 208 Å². The molecule has 2 aromatic rings. The van der Waals surface area contributed by atoms with Gasteiger partial charge < -0.3 is 15.2 Å². The first-order valence-electron chi connectivity index (χ1n) is 11.5. The number of carboxylic acid groups (broad SMARTS) is 1. The quantitative estimate of drug-likeness (QED) is 0.382. The van der Waals surface area contributed by atoms with Crippen molar-refractivity contribution in [2.45, 2.75) is 32.6 Å². The average molecular weight is 498 g/mol. The van der Waals surface area contributed by atoms with Gasteiger partial charge in [0.25, 0.3) is 11.8 Å². The third-order valence-electron chi connectivity index (χ3n) is 5.84. The minimum Gasteiger partial charge on any atom is -0.477 e. The predicted molar refractivity (Wildman–Crippen MR) is 135 cm³/mol. The molecule has 1 aliphatic rings. The van der Waals surface area contributed by atoms with Crippen molar-refractivity contribution >= 4 is 28.8 Å². The molecular formula is C27H29F2N3O4. The Morgan fingerprint density at radius 2 is 1.94 bits per heavy atom. The number of aryl methyl sites for hydroxylation is 1. The second-order valence-corrected chi connectivity index (χ2v) is 8.62. The number of hydrogen-bond donors (Lipinski definition) is 2. The zero-order chi connectivity index (χ0) is 26.3. The molecule has 1 amide bonds. The van der Waals surface area contributed by atoms with Gasteiger partial charge in [0.15, 0.2) is 0 Å². The number of aliphatic imine (C=N–C) groups is 1. The van der Waals surface area contributed by atoms with Gasteiger partial charge in [-0.05, 0) is 72.7 Å². The SMILES string of the molecule is C\N=C(/C=C(\C=C\C1CCOCC1)c1cc(NC(=O)c2ccnc(C(C)(F)F)c2)ccc1C)C(=O)O. The van der Waals surface area contributed by atoms with Gasteiger partial charge in [0.1, 0.15) is 11.4 Å². The largest absolute Gasteiger partial charge is 0.477 e. The number of pyridine rings is 1. The standard InChI is InChI=1S/C27H29F2N3O4/c1-17-4-7-21(32-25(33)20-8-11-31-24(15-20)27(2,28)29)16-22(17)19(14-23(30-3)26(34)35)6-5-18-9-12-36-13-10-18/h4-8,11,14-16,18H,9-10,12-13H2,1-3H3,(H,32,33)(H,34,35)/b6-5+,19-14+,30-23+. The van der Waals surface area contributed by atoms with Gasteiger partial charge in [-0.3, -0.25) is 14.8 Å². The normalized spacial score (nSPS) is 15.8. The molecule has 0 bridgehead atoms. The van der Waals surface area contributed by atoms with E-state index < -0.39 is 23.5 Å². The van der Waals surface area contributed by atoms with Crippen LogP contribution in [0.4, 0.5) is 14.5 Å². The molecule has 0 atom stereocenters. The monoisotopic (exact) mass is 497 g/mol. The molecule has 2 N–H and O–H groups in total. The lowest BCUT2D eigenvalue weighted by Gasteiger charge is -2.19. The third kappa shape index (κ3) is 7.14. The minimum absolute atomic E-state index is 0.0464. The smallest absolute Gasteiger partial charge is 0.354 e. The van der Waals surface area contributed by atoms with Crippen LogP contribution in [0.25, 0.3) is 5.57 Å². The van der Waals surface area contributed by atoms with Gasteiger partial charge in [-0.25, -0.2) is 4.79 Å². The first-order valence-corrected chi connectivity index (χ1v) is 11.5.